The number of ether oxygens (including phenoxy) is 1. The topological polar surface area (TPSA) is 96.1 Å². The smallest absolute Gasteiger partial charge is 0.253 e. The number of hydrogen-bond donors (Lipinski definition) is 2. The summed E-state index contributed by atoms with van der Waals surface area (Å²) in [6.45, 7) is 10.2. The normalized spacial score (nSPS) is 14.5. The van der Waals surface area contributed by atoms with Gasteiger partial charge in [-0.25, -0.2) is 8.78 Å². The third-order valence-electron chi connectivity index (χ3n) is 6.54. The van der Waals surface area contributed by atoms with E-state index in [0.717, 1.165) is 54.3 Å². The number of aryl methyl sites for hydroxylation is 1. The van der Waals surface area contributed by atoms with Crippen LogP contribution in [-0.2, 0) is 4.74 Å². The van der Waals surface area contributed by atoms with Crippen molar-refractivity contribution in [2.24, 2.45) is 10.7 Å². The second-order valence-corrected chi connectivity index (χ2v) is 9.95. The van der Waals surface area contributed by atoms with Crippen LogP contribution in [0.25, 0.3) is 6.08 Å². The van der Waals surface area contributed by atoms with Crippen LogP contribution in [0, 0.1) is 18.6 Å². The number of amidine groups is 1. The minimum absolute atomic E-state index is 0.0258. The molecule has 0 saturated carbocycles. The molecule has 42 heavy (non-hydrogen) atoms. The average molecular weight is 587 g/mol. The Morgan fingerprint density at radius 3 is 2.29 bits per heavy atom. The maximum Gasteiger partial charge on any atom is 0.253 e. The number of nitrogens with zero attached hydrogens (tertiary/aromatic N) is 4. The maximum absolute atomic E-state index is 14.8. The van der Waals surface area contributed by atoms with Gasteiger partial charge in [-0.15, -0.1) is 0 Å². The number of nitrogens with two attached hydrogens (primary N) is 1. The van der Waals surface area contributed by atoms with Gasteiger partial charge in [0.15, 0.2) is 0 Å². The summed E-state index contributed by atoms with van der Waals surface area (Å²) in [6.07, 6.45) is 8.26. The van der Waals surface area contributed by atoms with Crippen LogP contribution in [-0.4, -0.2) is 81.5 Å². The number of anilines is 1. The first-order valence-electron chi connectivity index (χ1n) is 14.1. The number of benzene rings is 1. The maximum atomic E-state index is 14.8. The van der Waals surface area contributed by atoms with Crippen LogP contribution in [0.3, 0.4) is 0 Å². The predicted octanol–water partition coefficient (Wildman–Crippen LogP) is 5.85. The van der Waals surface area contributed by atoms with E-state index in [2.05, 4.69) is 37.9 Å². The number of aliphatic imine (C=N–C) groups is 1. The van der Waals surface area contributed by atoms with Crippen molar-refractivity contribution in [3.63, 3.8) is 0 Å². The number of nitrogens with one attached hydrogen (secondary N) is 1. The summed E-state index contributed by atoms with van der Waals surface area (Å²) in [5.74, 6) is -1.29. The van der Waals surface area contributed by atoms with Crippen molar-refractivity contribution < 1.29 is 18.3 Å². The molecule has 0 radical (unpaired) electrons. The van der Waals surface area contributed by atoms with Crippen molar-refractivity contribution in [3.8, 4) is 0 Å². The van der Waals surface area contributed by atoms with Crippen molar-refractivity contribution in [3.05, 3.63) is 76.3 Å². The van der Waals surface area contributed by atoms with Crippen LogP contribution in [0.5, 0.6) is 0 Å². The molecule has 3 rings (SSSR count). The molecule has 1 aliphatic heterocycles. The molecule has 1 fully saturated rings. The van der Waals surface area contributed by atoms with Crippen molar-refractivity contribution >= 4 is 23.5 Å². The van der Waals surface area contributed by atoms with Crippen molar-refractivity contribution in [1.82, 2.24) is 14.8 Å². The van der Waals surface area contributed by atoms with Gasteiger partial charge in [0.25, 0.3) is 5.91 Å². The van der Waals surface area contributed by atoms with Crippen LogP contribution in [0.4, 0.5) is 14.5 Å². The molecule has 1 aromatic heterocycles. The van der Waals surface area contributed by atoms with Crippen LogP contribution < -0.4 is 11.1 Å². The third kappa shape index (κ3) is 10.6. The van der Waals surface area contributed by atoms with E-state index in [1.165, 1.54) is 11.1 Å². The molecule has 1 saturated heterocycles. The van der Waals surface area contributed by atoms with Crippen LogP contribution in [0.15, 0.2) is 47.2 Å². The van der Waals surface area contributed by atoms with Gasteiger partial charge in [0.2, 0.25) is 0 Å². The Morgan fingerprint density at radius 2 is 1.79 bits per heavy atom. The molecule has 10 heteroatoms. The minimum Gasteiger partial charge on any atom is -0.404 e. The molecule has 1 aromatic carbocycles. The number of hydrogen-bond acceptors (Lipinski definition) is 6. The number of rotatable bonds is 7. The van der Waals surface area contributed by atoms with E-state index in [-0.39, 0.29) is 17.0 Å². The third-order valence-corrected chi connectivity index (χ3v) is 6.54. The second kappa shape index (κ2) is 18.7. The van der Waals surface area contributed by atoms with Gasteiger partial charge in [0, 0.05) is 70.5 Å². The zero-order valence-corrected chi connectivity index (χ0v) is 26.6. The average Bonchev–Trinajstić information content (AvgIpc) is 2.96. The zero-order valence-electron chi connectivity index (χ0n) is 26.6. The van der Waals surface area contributed by atoms with Gasteiger partial charge < -0.3 is 20.7 Å². The lowest BCUT2D eigenvalue weighted by Gasteiger charge is -2.32. The van der Waals surface area contributed by atoms with E-state index in [0.29, 0.717) is 18.7 Å². The summed E-state index contributed by atoms with van der Waals surface area (Å²) in [5.41, 5.74) is 9.51. The van der Waals surface area contributed by atoms with Gasteiger partial charge >= 0.3 is 0 Å². The Hall–Kier alpha value is -3.63. The van der Waals surface area contributed by atoms with Gasteiger partial charge in [-0.1, -0.05) is 25.5 Å². The Kier molecular flexibility index (Phi) is 16.2. The number of methoxy groups -OCH3 is 1. The molecular weight excluding hydrogens is 538 g/mol. The van der Waals surface area contributed by atoms with E-state index >= 15 is 0 Å². The van der Waals surface area contributed by atoms with E-state index in [1.807, 2.05) is 26.8 Å². The summed E-state index contributed by atoms with van der Waals surface area (Å²) in [6, 6.07) is 4.20. The molecule has 3 N–H and O–H groups in total. The molecule has 0 atom stereocenters. The molecule has 0 bridgehead atoms. The first-order valence-corrected chi connectivity index (χ1v) is 14.1. The Labute approximate surface area is 250 Å². The number of piperidine rings is 1. The SMILES string of the molecule is CC.CN=C(/C=C\N)Nc1ccnc(C)c1/C=C(\C)CN1CCC(c2c(F)cc(C(=O)N(C)C)cc2F)CC1.COC. The number of pyridine rings is 1. The summed E-state index contributed by atoms with van der Waals surface area (Å²) < 4.78 is 33.9. The van der Waals surface area contributed by atoms with Crippen molar-refractivity contribution in [2.75, 3.05) is 60.3 Å². The molecule has 2 aromatic rings. The highest BCUT2D eigenvalue weighted by molar-refractivity contribution is 6.04. The molecule has 1 amide bonds. The standard InChI is InChI=1S/C28H36F2N6O.C2H6O.C2H6/c1-18(14-22-19(2)33-11-7-25(22)34-26(32-3)6-10-31)17-36-12-8-20(9-13-36)27-23(29)15-21(16-24(27)30)28(37)35(4)5;1-3-2;1-2/h6-7,10-11,14-16,20H,8-9,12-13,17,31H2,1-5H3,(H,32,33,34);1-2H3;1-2H3/b10-6-,18-14+;;. The fraction of sp³-hybridized carbons (Fsp3) is 0.469. The Bertz CT molecular complexity index is 1210. The van der Waals surface area contributed by atoms with Gasteiger partial charge in [-0.05, 0) is 76.2 Å². The van der Waals surface area contributed by atoms with Crippen molar-refractivity contribution in [1.29, 1.82) is 0 Å². The van der Waals surface area contributed by atoms with E-state index in [1.54, 1.807) is 47.6 Å². The van der Waals surface area contributed by atoms with E-state index < -0.39 is 17.5 Å². The minimum atomic E-state index is -0.647. The fourth-order valence-electron chi connectivity index (χ4n) is 4.65. The summed E-state index contributed by atoms with van der Waals surface area (Å²) >= 11 is 0. The highest BCUT2D eigenvalue weighted by Gasteiger charge is 2.27. The molecule has 2 heterocycles. The predicted molar refractivity (Wildman–Crippen MR) is 170 cm³/mol. The van der Waals surface area contributed by atoms with E-state index in [4.69, 9.17) is 5.73 Å². The van der Waals surface area contributed by atoms with Gasteiger partial charge in [0.1, 0.15) is 17.5 Å². The largest absolute Gasteiger partial charge is 0.404 e. The highest BCUT2D eigenvalue weighted by Crippen LogP contribution is 2.33. The number of amides is 1. The first-order chi connectivity index (χ1) is 20.1. The number of carbonyl (C=O) groups excluding carboxylic acids is 1. The van der Waals surface area contributed by atoms with Gasteiger partial charge in [-0.3, -0.25) is 19.7 Å². The molecule has 1 aliphatic rings. The molecule has 232 valence electrons. The van der Waals surface area contributed by atoms with Crippen molar-refractivity contribution in [2.45, 2.75) is 46.5 Å². The molecular formula is C32H48F2N6O2. The Morgan fingerprint density at radius 1 is 1.21 bits per heavy atom. The van der Waals surface area contributed by atoms with Crippen LogP contribution in [0.2, 0.25) is 0 Å². The zero-order chi connectivity index (χ0) is 31.8. The van der Waals surface area contributed by atoms with E-state index in [9.17, 15) is 13.6 Å². The van der Waals surface area contributed by atoms with Gasteiger partial charge in [0.05, 0.1) is 5.69 Å². The summed E-state index contributed by atoms with van der Waals surface area (Å²) in [7, 11) is 8.05. The number of aromatic nitrogens is 1. The van der Waals surface area contributed by atoms with Crippen LogP contribution >= 0.6 is 0 Å². The molecule has 8 nitrogen and oxygen atoms in total. The lowest BCUT2D eigenvalue weighted by molar-refractivity contribution is 0.0826. The monoisotopic (exact) mass is 586 g/mol. The number of carbonyl (C=O) groups is 1. The highest BCUT2D eigenvalue weighted by atomic mass is 19.1. The quantitative estimate of drug-likeness (QED) is 0.312. The molecule has 0 aliphatic carbocycles. The number of halogens is 2. The Balaban J connectivity index is 0.00000165. The van der Waals surface area contributed by atoms with Gasteiger partial charge in [-0.2, -0.15) is 0 Å². The number of likely N-dealkylation sites (tertiary alicyclic amines) is 1. The lowest BCUT2D eigenvalue weighted by atomic mass is 9.87. The molecule has 0 unspecified atom stereocenters. The van der Waals surface area contributed by atoms with Crippen LogP contribution in [0.1, 0.15) is 66.7 Å². The lowest BCUT2D eigenvalue weighted by Crippen LogP contribution is -2.34. The second-order valence-electron chi connectivity index (χ2n) is 9.95. The fourth-order valence-corrected chi connectivity index (χ4v) is 4.65. The first kappa shape index (κ1) is 36.4. The summed E-state index contributed by atoms with van der Waals surface area (Å²) in [4.78, 5) is 24.3. The summed E-state index contributed by atoms with van der Waals surface area (Å²) in [5, 5.41) is 3.29. The molecule has 0 spiro atoms.